The van der Waals surface area contributed by atoms with Gasteiger partial charge in [0.25, 0.3) is 5.91 Å². The molecule has 1 saturated carbocycles. The maximum Gasteiger partial charge on any atom is 0.255 e. The van der Waals surface area contributed by atoms with Crippen molar-refractivity contribution in [2.75, 3.05) is 19.4 Å². The molecule has 65 heavy (non-hydrogen) atoms. The molecule has 3 aliphatic carbocycles. The number of fused-ring (bicyclic) bond motifs is 3. The Bertz CT molecular complexity index is 2130. The average molecular weight is 912 g/mol. The third-order valence-electron chi connectivity index (χ3n) is 12.5. The van der Waals surface area contributed by atoms with Gasteiger partial charge in [0.1, 0.15) is 41.0 Å². The van der Waals surface area contributed by atoms with Crippen molar-refractivity contribution in [3.8, 4) is 5.75 Å². The van der Waals surface area contributed by atoms with Crippen molar-refractivity contribution < 1.29 is 59.1 Å². The number of phenols is 1. The van der Waals surface area contributed by atoms with Gasteiger partial charge in [0, 0.05) is 11.5 Å². The first-order valence-electron chi connectivity index (χ1n) is 22.2. The highest BCUT2D eigenvalue weighted by molar-refractivity contribution is 6.24. The number of amides is 5. The molecule has 19 heteroatoms. The number of nitrogens with two attached hydrogens (primary N) is 2. The molecule has 1 aromatic rings. The van der Waals surface area contributed by atoms with Crippen molar-refractivity contribution in [3.63, 3.8) is 0 Å². The van der Waals surface area contributed by atoms with Crippen LogP contribution in [0.5, 0.6) is 5.75 Å². The van der Waals surface area contributed by atoms with Gasteiger partial charge in [-0.2, -0.15) is 0 Å². The molecule has 0 aliphatic heterocycles. The van der Waals surface area contributed by atoms with E-state index in [1.165, 1.54) is 31.1 Å². The number of Topliss-reactive ketones (excluding diaryl/α,β-unsaturated/α-hetero) is 2. The second kappa shape index (κ2) is 20.4. The Morgan fingerprint density at radius 3 is 1.66 bits per heavy atom. The number of nitrogens with zero attached hydrogens (tertiary/aromatic N) is 1. The number of benzene rings is 1. The predicted octanol–water partition coefficient (Wildman–Crippen LogP) is 1.40. The number of aromatic hydroxyl groups is 1. The number of rotatable bonds is 18. The number of hydrogen-bond acceptors (Lipinski definition) is 14. The maximum absolute atomic E-state index is 14.4. The number of aliphatic hydroxyl groups excluding tert-OH is 3. The van der Waals surface area contributed by atoms with E-state index in [9.17, 15) is 59.1 Å². The number of carbonyl (C=O) groups is 7. The number of phenolic OH excluding ortho intramolecular Hbond substituents is 1. The summed E-state index contributed by atoms with van der Waals surface area (Å²) in [6, 6.07) is -2.92. The lowest BCUT2D eigenvalue weighted by Gasteiger charge is -2.53. The Morgan fingerprint density at radius 1 is 0.754 bits per heavy atom. The number of ketones is 2. The van der Waals surface area contributed by atoms with E-state index in [-0.39, 0.29) is 59.7 Å². The monoisotopic (exact) mass is 912 g/mol. The maximum atomic E-state index is 14.4. The third-order valence-corrected chi connectivity index (χ3v) is 12.5. The zero-order valence-electron chi connectivity index (χ0n) is 39.2. The second-order valence-corrected chi connectivity index (χ2v) is 19.8. The Labute approximate surface area is 379 Å². The van der Waals surface area contributed by atoms with Crippen LogP contribution in [0.3, 0.4) is 0 Å². The van der Waals surface area contributed by atoms with Crippen LogP contribution in [0.2, 0.25) is 0 Å². The summed E-state index contributed by atoms with van der Waals surface area (Å²) in [7, 11) is 2.82. The smallest absolute Gasteiger partial charge is 0.255 e. The number of carbonyl (C=O) groups excluding carboxylic acids is 7. The molecule has 360 valence electrons. The minimum Gasteiger partial charge on any atom is -0.508 e. The first-order chi connectivity index (χ1) is 30.1. The molecule has 0 spiro atoms. The Morgan fingerprint density at radius 2 is 1.22 bits per heavy atom. The van der Waals surface area contributed by atoms with Gasteiger partial charge in [0.2, 0.25) is 29.4 Å². The first kappa shape index (κ1) is 52.3. The summed E-state index contributed by atoms with van der Waals surface area (Å²) in [6.45, 7) is 16.5. The molecular formula is C46H69N7O12. The van der Waals surface area contributed by atoms with E-state index in [1.807, 2.05) is 55.4 Å². The van der Waals surface area contributed by atoms with Crippen LogP contribution < -0.4 is 32.7 Å². The highest BCUT2D eigenvalue weighted by atomic mass is 16.4. The Kier molecular flexibility index (Phi) is 16.4. The average Bonchev–Trinajstić information content (AvgIpc) is 3.18. The van der Waals surface area contributed by atoms with Gasteiger partial charge >= 0.3 is 0 Å². The fraction of sp³-hybridized carbons (Fsp3) is 0.630. The topological polar surface area (TPSA) is 324 Å². The van der Waals surface area contributed by atoms with Crippen LogP contribution in [0.4, 0.5) is 5.69 Å². The summed E-state index contributed by atoms with van der Waals surface area (Å²) in [5.74, 6) is -13.4. The van der Waals surface area contributed by atoms with E-state index in [4.69, 9.17) is 11.5 Å². The van der Waals surface area contributed by atoms with Gasteiger partial charge in [-0.3, -0.25) is 38.5 Å². The summed E-state index contributed by atoms with van der Waals surface area (Å²) in [5, 5.41) is 69.5. The first-order valence-corrected chi connectivity index (χ1v) is 22.2. The fourth-order valence-electron chi connectivity index (χ4n) is 9.48. The highest BCUT2D eigenvalue weighted by Gasteiger charge is 2.68. The molecular weight excluding hydrogens is 843 g/mol. The van der Waals surface area contributed by atoms with Crippen molar-refractivity contribution in [1.29, 1.82) is 0 Å². The Hall–Kier alpha value is -5.37. The fourth-order valence-corrected chi connectivity index (χ4v) is 9.48. The summed E-state index contributed by atoms with van der Waals surface area (Å²) >= 11 is 0. The van der Waals surface area contributed by atoms with Gasteiger partial charge in [-0.1, -0.05) is 68.4 Å². The van der Waals surface area contributed by atoms with Crippen molar-refractivity contribution in [2.45, 2.75) is 136 Å². The number of primary amides is 1. The minimum absolute atomic E-state index is 0.0123. The van der Waals surface area contributed by atoms with Gasteiger partial charge in [0.15, 0.2) is 11.4 Å². The van der Waals surface area contributed by atoms with Crippen molar-refractivity contribution >= 4 is 52.5 Å². The quantitative estimate of drug-likeness (QED) is 0.0733. The van der Waals surface area contributed by atoms with Gasteiger partial charge in [-0.05, 0) is 81.0 Å². The molecule has 0 saturated heterocycles. The van der Waals surface area contributed by atoms with Crippen LogP contribution in [0.25, 0.3) is 5.76 Å². The van der Waals surface area contributed by atoms with E-state index >= 15 is 0 Å². The molecule has 1 aromatic carbocycles. The van der Waals surface area contributed by atoms with Gasteiger partial charge in [-0.25, -0.2) is 0 Å². The van der Waals surface area contributed by atoms with Crippen LogP contribution in [-0.2, 0) is 33.6 Å². The number of anilines is 1. The number of hydrogen-bond donors (Lipinski definition) is 11. The van der Waals surface area contributed by atoms with Crippen LogP contribution >= 0.6 is 0 Å². The SMILES string of the molecule is CC(C)C[C@H](NC(=O)[C@H](CC(C)C)NC(=O)[C@H](CC(C)C)NC(=O)[C@@H](N)CC(C)C)C(=O)Nc1ccc2c(c1O)C(O)=C1C(=O)[C@]3(O)C(O)=C(C(N)=O)C(=O)[C@@H](N(C)C)C3[C@@H](O)C1[C@H]2C. The lowest BCUT2D eigenvalue weighted by atomic mass is 9.54. The van der Waals surface area contributed by atoms with Gasteiger partial charge < -0.3 is 58.3 Å². The van der Waals surface area contributed by atoms with Crippen LogP contribution in [0.15, 0.2) is 29.0 Å². The van der Waals surface area contributed by atoms with E-state index in [0.29, 0.717) is 6.42 Å². The molecule has 13 N–H and O–H groups in total. The molecule has 0 bridgehead atoms. The lowest BCUT2D eigenvalue weighted by molar-refractivity contribution is -0.169. The second-order valence-electron chi connectivity index (χ2n) is 19.8. The molecule has 2 unspecified atom stereocenters. The van der Waals surface area contributed by atoms with Crippen molar-refractivity contribution in [2.24, 2.45) is 47.0 Å². The molecule has 0 aromatic heterocycles. The standard InChI is InChI=1S/C46H69N7O12/c1-18(2)14-24(47)42(61)50-26(15-19(3)4)44(63)52-28(17-21(7)8)45(64)51-27(16-20(5)6)43(62)49-25-13-12-23-22(9)29-31(36(55)30(23)35(25)54)39(58)46(65)33(37(29)56)34(53(10)11)38(57)32(40(46)59)41(48)60/h12-13,18-22,24,26-29,33-34,37,54-56,59,65H,14-17,47H2,1-11H3,(H2,48,60)(H,49,62)(H,50,61)(H,51,64)(H,52,63)/t22-,24-,26-,27-,28-,29?,33?,34-,37-,46-/m0/s1. The normalized spacial score (nSPS) is 24.9. The molecule has 5 amide bonds. The highest BCUT2D eigenvalue weighted by Crippen LogP contribution is 2.56. The minimum atomic E-state index is -3.11. The number of likely N-dealkylation sites (N-methyl/N-ethyl adjacent to an activating group) is 1. The summed E-state index contributed by atoms with van der Waals surface area (Å²) in [4.78, 5) is 96.4. The van der Waals surface area contributed by atoms with E-state index < -0.39 is 129 Å². The molecule has 3 aliphatic rings. The van der Waals surface area contributed by atoms with E-state index in [0.717, 1.165) is 0 Å². The largest absolute Gasteiger partial charge is 0.508 e. The molecule has 0 radical (unpaired) electrons. The molecule has 4 rings (SSSR count). The van der Waals surface area contributed by atoms with Crippen LogP contribution in [-0.4, -0.2) is 128 Å². The molecule has 1 fully saturated rings. The molecule has 0 heterocycles. The predicted molar refractivity (Wildman–Crippen MR) is 241 cm³/mol. The van der Waals surface area contributed by atoms with Crippen molar-refractivity contribution in [3.05, 3.63) is 40.2 Å². The summed E-state index contributed by atoms with van der Waals surface area (Å²) < 4.78 is 0. The number of nitrogens with one attached hydrogen (secondary N) is 4. The lowest BCUT2D eigenvalue weighted by Crippen LogP contribution is -2.70. The molecule has 19 nitrogen and oxygen atoms in total. The number of aliphatic hydroxyl groups is 4. The molecule has 10 atom stereocenters. The van der Waals surface area contributed by atoms with E-state index in [1.54, 1.807) is 6.92 Å². The van der Waals surface area contributed by atoms with Crippen molar-refractivity contribution in [1.82, 2.24) is 20.9 Å². The van der Waals surface area contributed by atoms with Crippen LogP contribution in [0.1, 0.15) is 105 Å². The van der Waals surface area contributed by atoms with Gasteiger partial charge in [-0.15, -0.1) is 0 Å². The van der Waals surface area contributed by atoms with Crippen LogP contribution in [0, 0.1) is 35.5 Å². The third kappa shape index (κ3) is 10.5. The zero-order chi connectivity index (χ0) is 49.3. The van der Waals surface area contributed by atoms with E-state index in [2.05, 4.69) is 21.3 Å². The summed E-state index contributed by atoms with van der Waals surface area (Å²) in [5.41, 5.74) is 6.40. The summed E-state index contributed by atoms with van der Waals surface area (Å²) in [6.07, 6.45) is -0.841. The zero-order valence-corrected chi connectivity index (χ0v) is 39.2. The van der Waals surface area contributed by atoms with Gasteiger partial charge in [0.05, 0.1) is 35.4 Å². The Balaban J connectivity index is 1.68.